The Kier molecular flexibility index (Phi) is 8.02. The van der Waals surface area contributed by atoms with Crippen molar-refractivity contribution in [1.29, 1.82) is 0 Å². The molecule has 7 heteroatoms. The molecule has 1 saturated heterocycles. The highest BCUT2D eigenvalue weighted by Crippen LogP contribution is 2.65. The molecule has 0 aromatic heterocycles. The smallest absolute Gasteiger partial charge is 0.308 e. The molecule has 2 heterocycles. The highest BCUT2D eigenvalue weighted by atomic mass is 16.5. The van der Waals surface area contributed by atoms with Crippen molar-refractivity contribution in [3.05, 3.63) is 89.0 Å². The quantitative estimate of drug-likeness (QED) is 0.214. The summed E-state index contributed by atoms with van der Waals surface area (Å²) in [5.74, 6) is 6.83. The summed E-state index contributed by atoms with van der Waals surface area (Å²) in [6.07, 6.45) is 3.92. The van der Waals surface area contributed by atoms with Gasteiger partial charge in [0.25, 0.3) is 5.91 Å². The topological polar surface area (TPSA) is 79.3 Å². The molecule has 46 heavy (non-hydrogen) atoms. The van der Waals surface area contributed by atoms with E-state index in [2.05, 4.69) is 60.9 Å². The average Bonchev–Trinajstić information content (AvgIpc) is 3.39. The van der Waals surface area contributed by atoms with Crippen LogP contribution in [-0.2, 0) is 27.8 Å². The molecule has 7 nitrogen and oxygen atoms in total. The summed E-state index contributed by atoms with van der Waals surface area (Å²) >= 11 is 0. The van der Waals surface area contributed by atoms with Gasteiger partial charge in [0.2, 0.25) is 0 Å². The van der Waals surface area contributed by atoms with E-state index in [0.717, 1.165) is 61.9 Å². The summed E-state index contributed by atoms with van der Waals surface area (Å²) in [6.45, 7) is 8.03. The fraction of sp³-hybridized carbons (Fsp3) is 0.436. The van der Waals surface area contributed by atoms with Gasteiger partial charge in [-0.2, -0.15) is 0 Å². The van der Waals surface area contributed by atoms with Gasteiger partial charge in [0.1, 0.15) is 11.9 Å². The number of carbonyl (C=O) groups is 2. The predicted octanol–water partition coefficient (Wildman–Crippen LogP) is 5.50. The fourth-order valence-corrected chi connectivity index (χ4v) is 8.89. The molecular formula is C39H42N2O5. The van der Waals surface area contributed by atoms with Gasteiger partial charge < -0.3 is 19.5 Å². The SMILES string of the molecule is CC(=O)Oc1cc(O)c2c3c1C[C@@H]1[C@@H]4CC[C@@H](N(CC(C)C)C(=O)C#Cc5ccccc5)[C@H](O2)[C@]34CCN1CCc1ccccc1. The molecule has 3 aromatic rings. The van der Waals surface area contributed by atoms with Crippen LogP contribution in [0.2, 0.25) is 0 Å². The molecule has 2 fully saturated rings. The molecule has 4 aliphatic rings. The number of rotatable bonds is 7. The van der Waals surface area contributed by atoms with E-state index in [1.807, 2.05) is 35.2 Å². The van der Waals surface area contributed by atoms with E-state index in [9.17, 15) is 14.7 Å². The number of benzene rings is 3. The lowest BCUT2D eigenvalue weighted by molar-refractivity contribution is -0.138. The standard InChI is InChI=1S/C39H42N2O5/c1-25(2)24-41(35(44)17-14-27-10-6-4-7-11-27)31-16-15-30-32-22-29-34(45-26(3)42)23-33(43)37-36(29)39(30,38(31)46-37)19-21-40(32)20-18-28-12-8-5-9-13-28/h4-13,23,25,30-32,38,43H,15-16,18-22,24H2,1-3H3/t30-,31+,32+,38-,39-/m0/s1. The van der Waals surface area contributed by atoms with Crippen LogP contribution in [0.25, 0.3) is 0 Å². The van der Waals surface area contributed by atoms with Crippen molar-refractivity contribution in [3.8, 4) is 29.1 Å². The Balaban J connectivity index is 1.28. The number of aromatic hydroxyl groups is 1. The number of nitrogens with zero attached hydrogens (tertiary/aromatic N) is 2. The van der Waals surface area contributed by atoms with E-state index in [4.69, 9.17) is 9.47 Å². The van der Waals surface area contributed by atoms with Gasteiger partial charge in [-0.15, -0.1) is 0 Å². The molecule has 5 atom stereocenters. The summed E-state index contributed by atoms with van der Waals surface area (Å²) in [5.41, 5.74) is 3.67. The molecule has 1 amide bonds. The van der Waals surface area contributed by atoms with Gasteiger partial charge in [0, 0.05) is 60.1 Å². The van der Waals surface area contributed by atoms with E-state index >= 15 is 0 Å². The number of phenols is 1. The van der Waals surface area contributed by atoms with Crippen molar-refractivity contribution in [2.75, 3.05) is 19.6 Å². The van der Waals surface area contributed by atoms with Crippen LogP contribution in [0.3, 0.4) is 0 Å². The molecule has 2 aliphatic heterocycles. The average molecular weight is 619 g/mol. The lowest BCUT2D eigenvalue weighted by Crippen LogP contribution is -2.69. The highest BCUT2D eigenvalue weighted by Gasteiger charge is 2.67. The Morgan fingerprint density at radius 3 is 2.57 bits per heavy atom. The van der Waals surface area contributed by atoms with E-state index in [1.54, 1.807) is 6.07 Å². The second kappa shape index (κ2) is 12.1. The zero-order valence-corrected chi connectivity index (χ0v) is 26.9. The maximum absolute atomic E-state index is 13.9. The van der Waals surface area contributed by atoms with Crippen molar-refractivity contribution < 1.29 is 24.2 Å². The molecule has 1 saturated carbocycles. The Bertz CT molecular complexity index is 1690. The molecule has 2 aliphatic carbocycles. The first-order valence-electron chi connectivity index (χ1n) is 16.7. The Labute approximate surface area is 271 Å². The lowest BCUT2D eigenvalue weighted by Gasteiger charge is -2.60. The second-order valence-electron chi connectivity index (χ2n) is 13.8. The lowest BCUT2D eigenvalue weighted by atomic mass is 9.50. The first kappa shape index (κ1) is 30.4. The maximum Gasteiger partial charge on any atom is 0.308 e. The number of hydrogen-bond donors (Lipinski definition) is 1. The van der Waals surface area contributed by atoms with Crippen LogP contribution in [0.15, 0.2) is 66.7 Å². The summed E-state index contributed by atoms with van der Waals surface area (Å²) < 4.78 is 12.6. The number of carbonyl (C=O) groups excluding carboxylic acids is 2. The maximum atomic E-state index is 13.9. The van der Waals surface area contributed by atoms with Gasteiger partial charge in [-0.1, -0.05) is 68.3 Å². The minimum atomic E-state index is -0.413. The number of ether oxygens (including phenoxy) is 2. The van der Waals surface area contributed by atoms with Crippen molar-refractivity contribution in [2.45, 2.75) is 76.5 Å². The number of piperidine rings is 1. The van der Waals surface area contributed by atoms with Crippen LogP contribution < -0.4 is 9.47 Å². The molecule has 238 valence electrons. The largest absolute Gasteiger partial charge is 0.504 e. The van der Waals surface area contributed by atoms with E-state index in [1.165, 1.54) is 12.5 Å². The van der Waals surface area contributed by atoms with Crippen LogP contribution in [0.5, 0.6) is 17.2 Å². The van der Waals surface area contributed by atoms with Crippen LogP contribution in [-0.4, -0.2) is 64.6 Å². The number of hydrogen-bond acceptors (Lipinski definition) is 6. The third-order valence-corrected chi connectivity index (χ3v) is 10.6. The first-order chi connectivity index (χ1) is 22.3. The number of esters is 1. The fourth-order valence-electron chi connectivity index (χ4n) is 8.89. The summed E-state index contributed by atoms with van der Waals surface area (Å²) in [6, 6.07) is 21.8. The third-order valence-electron chi connectivity index (χ3n) is 10.6. The summed E-state index contributed by atoms with van der Waals surface area (Å²) in [7, 11) is 0. The van der Waals surface area contributed by atoms with Gasteiger partial charge in [0.15, 0.2) is 11.5 Å². The molecule has 0 unspecified atom stereocenters. The predicted molar refractivity (Wildman–Crippen MR) is 176 cm³/mol. The zero-order valence-electron chi connectivity index (χ0n) is 26.9. The number of amides is 1. The van der Waals surface area contributed by atoms with Crippen LogP contribution in [0.4, 0.5) is 0 Å². The summed E-state index contributed by atoms with van der Waals surface area (Å²) in [4.78, 5) is 30.7. The summed E-state index contributed by atoms with van der Waals surface area (Å²) in [5, 5.41) is 11.3. The minimum Gasteiger partial charge on any atom is -0.504 e. The van der Waals surface area contributed by atoms with E-state index in [0.29, 0.717) is 18.0 Å². The second-order valence-corrected chi connectivity index (χ2v) is 13.8. The molecule has 7 rings (SSSR count). The Morgan fingerprint density at radius 1 is 1.11 bits per heavy atom. The van der Waals surface area contributed by atoms with Crippen LogP contribution in [0.1, 0.15) is 62.3 Å². The number of likely N-dealkylation sites (tertiary alicyclic amines) is 1. The third kappa shape index (κ3) is 5.23. The monoisotopic (exact) mass is 618 g/mol. The van der Waals surface area contributed by atoms with Crippen LogP contribution in [0, 0.1) is 23.7 Å². The van der Waals surface area contributed by atoms with Gasteiger partial charge in [-0.05, 0) is 68.2 Å². The number of phenolic OH excluding ortho intramolecular Hbond substituents is 1. The van der Waals surface area contributed by atoms with Crippen molar-refractivity contribution in [1.82, 2.24) is 9.80 Å². The van der Waals surface area contributed by atoms with Crippen LogP contribution >= 0.6 is 0 Å². The molecule has 1 spiro atoms. The molecule has 1 N–H and O–H groups in total. The van der Waals surface area contributed by atoms with Gasteiger partial charge in [-0.3, -0.25) is 14.5 Å². The van der Waals surface area contributed by atoms with Gasteiger partial charge in [-0.25, -0.2) is 0 Å². The molecule has 0 radical (unpaired) electrons. The van der Waals surface area contributed by atoms with Gasteiger partial charge in [0.05, 0.1) is 6.04 Å². The van der Waals surface area contributed by atoms with E-state index in [-0.39, 0.29) is 41.7 Å². The van der Waals surface area contributed by atoms with Crippen molar-refractivity contribution in [2.24, 2.45) is 11.8 Å². The van der Waals surface area contributed by atoms with E-state index < -0.39 is 11.4 Å². The Hall–Kier alpha value is -4.28. The normalized spacial score (nSPS) is 25.6. The van der Waals surface area contributed by atoms with Gasteiger partial charge >= 0.3 is 5.97 Å². The first-order valence-corrected chi connectivity index (χ1v) is 16.7. The molecule has 2 bridgehead atoms. The van der Waals surface area contributed by atoms with Crippen molar-refractivity contribution >= 4 is 11.9 Å². The molecular weight excluding hydrogens is 576 g/mol. The highest BCUT2D eigenvalue weighted by molar-refractivity contribution is 5.94. The Morgan fingerprint density at radius 2 is 1.85 bits per heavy atom. The zero-order chi connectivity index (χ0) is 32.0. The van der Waals surface area contributed by atoms with Crippen molar-refractivity contribution in [3.63, 3.8) is 0 Å². The molecule has 3 aromatic carbocycles. The minimum absolute atomic E-state index is 0.00756.